The molecule has 5 rings (SSSR count). The van der Waals surface area contributed by atoms with Crippen LogP contribution >= 0.6 is 0 Å². The Labute approximate surface area is 184 Å². The number of hydrogen-bond donors (Lipinski definition) is 1. The molecule has 0 atom stereocenters. The zero-order chi connectivity index (χ0) is 22.5. The maximum absolute atomic E-state index is 11.9. The zero-order valence-corrected chi connectivity index (χ0v) is 18.3. The second kappa shape index (κ2) is 7.56. The summed E-state index contributed by atoms with van der Waals surface area (Å²) in [6, 6.07) is 11.6. The Bertz CT molecular complexity index is 1430. The number of benzene rings is 1. The first-order valence-corrected chi connectivity index (χ1v) is 12.2. The highest BCUT2D eigenvalue weighted by Gasteiger charge is 2.30. The molecule has 1 saturated heterocycles. The highest BCUT2D eigenvalue weighted by Crippen LogP contribution is 2.35. The molecule has 4 heterocycles. The molecule has 1 aliphatic heterocycles. The second-order valence-corrected chi connectivity index (χ2v) is 10.3. The minimum atomic E-state index is -3.04. The van der Waals surface area contributed by atoms with E-state index in [1.165, 1.54) is 4.52 Å². The third kappa shape index (κ3) is 3.36. The number of sulfone groups is 1. The van der Waals surface area contributed by atoms with Gasteiger partial charge >= 0.3 is 0 Å². The summed E-state index contributed by atoms with van der Waals surface area (Å²) in [6.07, 6.45) is 3.37. The van der Waals surface area contributed by atoms with Crippen molar-refractivity contribution in [2.75, 3.05) is 17.2 Å². The van der Waals surface area contributed by atoms with Crippen molar-refractivity contribution in [1.29, 1.82) is 0 Å². The Kier molecular flexibility index (Phi) is 4.81. The van der Waals surface area contributed by atoms with Gasteiger partial charge in [0.05, 0.1) is 45.4 Å². The molecule has 0 spiro atoms. The molecule has 32 heavy (non-hydrogen) atoms. The number of aldehydes is 1. The molecule has 0 unspecified atom stereocenters. The third-order valence-electron chi connectivity index (χ3n) is 5.97. The summed E-state index contributed by atoms with van der Waals surface area (Å²) >= 11 is 0. The predicted molar refractivity (Wildman–Crippen MR) is 121 cm³/mol. The van der Waals surface area contributed by atoms with Crippen molar-refractivity contribution in [3.63, 3.8) is 0 Å². The fourth-order valence-electron chi connectivity index (χ4n) is 4.28. The van der Waals surface area contributed by atoms with Crippen molar-refractivity contribution in [2.45, 2.75) is 25.7 Å². The fourth-order valence-corrected chi connectivity index (χ4v) is 5.77. The number of nitrogen functional groups attached to an aromatic ring is 1. The maximum Gasteiger partial charge on any atom is 0.167 e. The molecule has 164 valence electrons. The summed E-state index contributed by atoms with van der Waals surface area (Å²) in [7, 11) is -3.04. The zero-order valence-electron chi connectivity index (χ0n) is 17.5. The van der Waals surface area contributed by atoms with E-state index in [2.05, 4.69) is 5.10 Å². The highest BCUT2D eigenvalue weighted by molar-refractivity contribution is 7.91. The van der Waals surface area contributed by atoms with E-state index in [4.69, 9.17) is 15.8 Å². The normalized spacial score (nSPS) is 16.4. The number of rotatable bonds is 4. The minimum Gasteiger partial charge on any atom is -0.383 e. The third-order valence-corrected chi connectivity index (χ3v) is 7.68. The number of carbonyl (C=O) groups excluding carboxylic acids is 1. The molecule has 2 N–H and O–H groups in total. The Morgan fingerprint density at radius 3 is 2.50 bits per heavy atom. The largest absolute Gasteiger partial charge is 0.383 e. The molecule has 1 fully saturated rings. The lowest BCUT2D eigenvalue weighted by atomic mass is 9.95. The first-order valence-electron chi connectivity index (χ1n) is 10.3. The van der Waals surface area contributed by atoms with Crippen LogP contribution in [0.25, 0.3) is 22.6 Å². The lowest BCUT2D eigenvalue weighted by molar-refractivity contribution is 0.112. The van der Waals surface area contributed by atoms with E-state index in [1.54, 1.807) is 4.68 Å². The summed E-state index contributed by atoms with van der Waals surface area (Å²) in [6.45, 7) is 1.85. The van der Waals surface area contributed by atoms with Gasteiger partial charge in [-0.2, -0.15) is 14.7 Å². The lowest BCUT2D eigenvalue weighted by Gasteiger charge is -2.23. The number of aryl methyl sites for hydroxylation is 1. The second-order valence-electron chi connectivity index (χ2n) is 8.02. The van der Waals surface area contributed by atoms with Gasteiger partial charge in [0, 0.05) is 12.1 Å². The molecule has 0 saturated carbocycles. The van der Waals surface area contributed by atoms with Gasteiger partial charge in [-0.15, -0.1) is 0 Å². The maximum atomic E-state index is 11.9. The first kappa shape index (κ1) is 20.4. The van der Waals surface area contributed by atoms with Gasteiger partial charge in [-0.05, 0) is 38.0 Å². The number of para-hydroxylation sites is 1. The van der Waals surface area contributed by atoms with Crippen molar-refractivity contribution in [3.8, 4) is 16.9 Å². The Balaban J connectivity index is 1.65. The first-order chi connectivity index (χ1) is 15.4. The van der Waals surface area contributed by atoms with Gasteiger partial charge in [0.1, 0.15) is 15.7 Å². The van der Waals surface area contributed by atoms with Crippen molar-refractivity contribution in [3.05, 3.63) is 59.5 Å². The number of fused-ring (bicyclic) bond motifs is 1. The Morgan fingerprint density at radius 2 is 1.81 bits per heavy atom. The SMILES string of the molecule is Cc1nn2c(N)c(C=O)c(C3CCS(=O)(=O)CC3)nc2c1-c1ccn(-c2ccccc2)n1. The molecular weight excluding hydrogens is 428 g/mol. The van der Waals surface area contributed by atoms with Crippen molar-refractivity contribution >= 4 is 27.6 Å². The molecule has 4 aromatic rings. The molecule has 0 amide bonds. The van der Waals surface area contributed by atoms with E-state index in [-0.39, 0.29) is 28.8 Å². The van der Waals surface area contributed by atoms with Crippen molar-refractivity contribution in [2.24, 2.45) is 0 Å². The predicted octanol–water partition coefficient (Wildman–Crippen LogP) is 2.58. The van der Waals surface area contributed by atoms with Crippen LogP contribution in [-0.2, 0) is 9.84 Å². The molecule has 0 radical (unpaired) electrons. The van der Waals surface area contributed by atoms with Gasteiger partial charge in [0.25, 0.3) is 0 Å². The quantitative estimate of drug-likeness (QED) is 0.474. The van der Waals surface area contributed by atoms with Crippen LogP contribution < -0.4 is 5.73 Å². The number of nitrogens with zero attached hydrogens (tertiary/aromatic N) is 5. The molecule has 10 heteroatoms. The average molecular weight is 451 g/mol. The van der Waals surface area contributed by atoms with E-state index < -0.39 is 9.84 Å². The standard InChI is InChI=1S/C22H22N6O3S/c1-14-19(18-7-10-27(26-18)16-5-3-2-4-6-16)22-24-20(15-8-11-32(30,31)12-9-15)17(13-29)21(23)28(22)25-14/h2-7,10,13,15H,8-9,11-12,23H2,1H3. The summed E-state index contributed by atoms with van der Waals surface area (Å²) in [4.78, 5) is 16.7. The van der Waals surface area contributed by atoms with Crippen LogP contribution in [0.5, 0.6) is 0 Å². The summed E-state index contributed by atoms with van der Waals surface area (Å²) < 4.78 is 27.0. The van der Waals surface area contributed by atoms with Crippen LogP contribution in [0, 0.1) is 6.92 Å². The summed E-state index contributed by atoms with van der Waals surface area (Å²) in [5, 5.41) is 9.22. The molecule has 1 aliphatic rings. The van der Waals surface area contributed by atoms with Crippen LogP contribution in [-0.4, -0.2) is 50.6 Å². The minimum absolute atomic E-state index is 0.0787. The van der Waals surface area contributed by atoms with Gasteiger partial charge in [-0.1, -0.05) is 18.2 Å². The molecule has 1 aromatic carbocycles. The van der Waals surface area contributed by atoms with Gasteiger partial charge in [0.2, 0.25) is 0 Å². The molecular formula is C22H22N6O3S. The molecule has 3 aromatic heterocycles. The molecule has 9 nitrogen and oxygen atoms in total. The summed E-state index contributed by atoms with van der Waals surface area (Å²) in [5.41, 5.74) is 10.7. The lowest BCUT2D eigenvalue weighted by Crippen LogP contribution is -2.24. The summed E-state index contributed by atoms with van der Waals surface area (Å²) in [5.74, 6) is 0.200. The van der Waals surface area contributed by atoms with Gasteiger partial charge in [0.15, 0.2) is 11.9 Å². The van der Waals surface area contributed by atoms with Gasteiger partial charge in [-0.25, -0.2) is 18.1 Å². The molecule has 0 aliphatic carbocycles. The molecule has 0 bridgehead atoms. The number of anilines is 1. The number of hydrogen-bond acceptors (Lipinski definition) is 7. The number of carbonyl (C=O) groups is 1. The highest BCUT2D eigenvalue weighted by atomic mass is 32.2. The monoisotopic (exact) mass is 450 g/mol. The average Bonchev–Trinajstić information content (AvgIpc) is 3.38. The Hall–Kier alpha value is -3.53. The van der Waals surface area contributed by atoms with E-state index in [0.29, 0.717) is 41.9 Å². The van der Waals surface area contributed by atoms with E-state index in [0.717, 1.165) is 11.3 Å². The van der Waals surface area contributed by atoms with Crippen molar-refractivity contribution in [1.82, 2.24) is 24.4 Å². The van der Waals surface area contributed by atoms with E-state index in [1.807, 2.05) is 49.5 Å². The van der Waals surface area contributed by atoms with E-state index >= 15 is 0 Å². The van der Waals surface area contributed by atoms with Gasteiger partial charge < -0.3 is 5.73 Å². The smallest absolute Gasteiger partial charge is 0.167 e. The fraction of sp³-hybridized carbons (Fsp3) is 0.273. The van der Waals surface area contributed by atoms with Gasteiger partial charge in [-0.3, -0.25) is 4.79 Å². The Morgan fingerprint density at radius 1 is 1.09 bits per heavy atom. The van der Waals surface area contributed by atoms with Crippen LogP contribution in [0.4, 0.5) is 5.82 Å². The van der Waals surface area contributed by atoms with Crippen LogP contribution in [0.3, 0.4) is 0 Å². The van der Waals surface area contributed by atoms with Crippen LogP contribution in [0.2, 0.25) is 0 Å². The van der Waals surface area contributed by atoms with E-state index in [9.17, 15) is 13.2 Å². The number of nitrogens with two attached hydrogens (primary N) is 1. The van der Waals surface area contributed by atoms with Crippen LogP contribution in [0.15, 0.2) is 42.6 Å². The van der Waals surface area contributed by atoms with Crippen molar-refractivity contribution < 1.29 is 13.2 Å². The van der Waals surface area contributed by atoms with Crippen LogP contribution in [0.1, 0.15) is 40.5 Å². The number of aromatic nitrogens is 5. The topological polar surface area (TPSA) is 125 Å².